The summed E-state index contributed by atoms with van der Waals surface area (Å²) in [5, 5.41) is 3.01. The first-order valence-electron chi connectivity index (χ1n) is 6.18. The molecule has 0 aromatic rings. The van der Waals surface area contributed by atoms with Crippen LogP contribution in [0.3, 0.4) is 0 Å². The zero-order chi connectivity index (χ0) is 12.0. The van der Waals surface area contributed by atoms with Crippen LogP contribution in [0.15, 0.2) is 0 Å². The molecule has 0 radical (unpaired) electrons. The highest BCUT2D eigenvalue weighted by atomic mass is 32.2. The Morgan fingerprint density at radius 2 is 2.00 bits per heavy atom. The van der Waals surface area contributed by atoms with Gasteiger partial charge in [-0.15, -0.1) is 0 Å². The standard InChI is InChI=1S/C11H24N2O2S/c1-10(9-11-5-6-11)13-16(14,15)8-4-3-7-12-2/h10-13H,3-9H2,1-2H3. The van der Waals surface area contributed by atoms with Crippen molar-refractivity contribution in [2.24, 2.45) is 5.92 Å². The first-order chi connectivity index (χ1) is 7.53. The lowest BCUT2D eigenvalue weighted by atomic mass is 10.2. The van der Waals surface area contributed by atoms with E-state index in [-0.39, 0.29) is 11.8 Å². The van der Waals surface area contributed by atoms with Gasteiger partial charge in [-0.2, -0.15) is 0 Å². The van der Waals surface area contributed by atoms with Gasteiger partial charge in [0.25, 0.3) is 0 Å². The second-order valence-corrected chi connectivity index (χ2v) is 6.70. The number of hydrogen-bond donors (Lipinski definition) is 2. The molecule has 1 fully saturated rings. The summed E-state index contributed by atoms with van der Waals surface area (Å²) in [7, 11) is -1.18. The lowest BCUT2D eigenvalue weighted by molar-refractivity contribution is 0.527. The Hall–Kier alpha value is -0.130. The average Bonchev–Trinajstić information content (AvgIpc) is 2.95. The van der Waals surface area contributed by atoms with Crippen LogP contribution in [0.5, 0.6) is 0 Å². The van der Waals surface area contributed by atoms with Gasteiger partial charge in [0.05, 0.1) is 5.75 Å². The van der Waals surface area contributed by atoms with E-state index in [1.165, 1.54) is 12.8 Å². The zero-order valence-corrected chi connectivity index (χ0v) is 11.1. The van der Waals surface area contributed by atoms with Crippen molar-refractivity contribution in [3.63, 3.8) is 0 Å². The summed E-state index contributed by atoms with van der Waals surface area (Å²) >= 11 is 0. The average molecular weight is 248 g/mol. The third-order valence-corrected chi connectivity index (χ3v) is 4.44. The zero-order valence-electron chi connectivity index (χ0n) is 10.3. The molecule has 0 spiro atoms. The van der Waals surface area contributed by atoms with Crippen molar-refractivity contribution in [3.8, 4) is 0 Å². The van der Waals surface area contributed by atoms with Gasteiger partial charge in [0, 0.05) is 6.04 Å². The molecule has 1 rings (SSSR count). The van der Waals surface area contributed by atoms with E-state index in [0.717, 1.165) is 31.7 Å². The van der Waals surface area contributed by atoms with Gasteiger partial charge in [-0.05, 0) is 45.7 Å². The summed E-state index contributed by atoms with van der Waals surface area (Å²) in [5.74, 6) is 1.02. The number of hydrogen-bond acceptors (Lipinski definition) is 3. The Morgan fingerprint density at radius 3 is 2.56 bits per heavy atom. The largest absolute Gasteiger partial charge is 0.320 e. The van der Waals surface area contributed by atoms with E-state index < -0.39 is 10.0 Å². The van der Waals surface area contributed by atoms with E-state index in [2.05, 4.69) is 10.0 Å². The fourth-order valence-electron chi connectivity index (χ4n) is 1.86. The molecule has 1 unspecified atom stereocenters. The van der Waals surface area contributed by atoms with E-state index in [1.807, 2.05) is 14.0 Å². The Kier molecular flexibility index (Phi) is 5.72. The first kappa shape index (κ1) is 13.9. The van der Waals surface area contributed by atoms with Crippen molar-refractivity contribution >= 4 is 10.0 Å². The van der Waals surface area contributed by atoms with Crippen LogP contribution >= 0.6 is 0 Å². The molecule has 0 amide bonds. The van der Waals surface area contributed by atoms with Crippen LogP contribution in [-0.2, 0) is 10.0 Å². The van der Waals surface area contributed by atoms with E-state index in [1.54, 1.807) is 0 Å². The van der Waals surface area contributed by atoms with E-state index in [9.17, 15) is 8.42 Å². The molecule has 0 aromatic carbocycles. The van der Waals surface area contributed by atoms with Crippen LogP contribution in [0.1, 0.15) is 39.0 Å². The summed E-state index contributed by atoms with van der Waals surface area (Å²) in [4.78, 5) is 0. The minimum absolute atomic E-state index is 0.0989. The van der Waals surface area contributed by atoms with E-state index in [4.69, 9.17) is 0 Å². The molecule has 2 N–H and O–H groups in total. The number of nitrogens with one attached hydrogen (secondary N) is 2. The predicted octanol–water partition coefficient (Wildman–Crippen LogP) is 1.09. The molecule has 16 heavy (non-hydrogen) atoms. The third kappa shape index (κ3) is 6.45. The molecule has 0 aliphatic heterocycles. The topological polar surface area (TPSA) is 58.2 Å². The third-order valence-electron chi connectivity index (χ3n) is 2.85. The van der Waals surface area contributed by atoms with Gasteiger partial charge in [-0.1, -0.05) is 12.8 Å². The number of unbranched alkanes of at least 4 members (excludes halogenated alkanes) is 1. The molecule has 0 saturated heterocycles. The van der Waals surface area contributed by atoms with Gasteiger partial charge in [-0.25, -0.2) is 13.1 Å². The monoisotopic (exact) mass is 248 g/mol. The van der Waals surface area contributed by atoms with E-state index in [0.29, 0.717) is 0 Å². The smallest absolute Gasteiger partial charge is 0.211 e. The minimum Gasteiger partial charge on any atom is -0.320 e. The normalized spacial score (nSPS) is 18.6. The SMILES string of the molecule is CNCCCCS(=O)(=O)NC(C)CC1CC1. The lowest BCUT2D eigenvalue weighted by Gasteiger charge is -2.13. The summed E-state index contributed by atoms with van der Waals surface area (Å²) < 4.78 is 26.1. The Balaban J connectivity index is 2.16. The number of sulfonamides is 1. The molecule has 4 nitrogen and oxygen atoms in total. The van der Waals surface area contributed by atoms with Gasteiger partial charge in [-0.3, -0.25) is 0 Å². The molecular weight excluding hydrogens is 224 g/mol. The van der Waals surface area contributed by atoms with Gasteiger partial charge in [0.2, 0.25) is 10.0 Å². The number of rotatable bonds is 9. The molecule has 1 aliphatic rings. The Bertz CT molecular complexity index is 286. The highest BCUT2D eigenvalue weighted by molar-refractivity contribution is 7.89. The maximum atomic E-state index is 11.7. The molecule has 1 aliphatic carbocycles. The van der Waals surface area contributed by atoms with Crippen molar-refractivity contribution in [2.75, 3.05) is 19.3 Å². The highest BCUT2D eigenvalue weighted by Gasteiger charge is 2.25. The van der Waals surface area contributed by atoms with Gasteiger partial charge in [0.15, 0.2) is 0 Å². The molecule has 0 bridgehead atoms. The predicted molar refractivity (Wildman–Crippen MR) is 66.9 cm³/mol. The van der Waals surface area contributed by atoms with Crippen LogP contribution in [-0.4, -0.2) is 33.8 Å². The Morgan fingerprint density at radius 1 is 1.31 bits per heavy atom. The fraction of sp³-hybridized carbons (Fsp3) is 1.00. The second-order valence-electron chi connectivity index (χ2n) is 4.83. The molecule has 0 heterocycles. The van der Waals surface area contributed by atoms with Gasteiger partial charge >= 0.3 is 0 Å². The molecular formula is C11H24N2O2S. The Labute approximate surface area is 99.2 Å². The molecule has 96 valence electrons. The van der Waals surface area contributed by atoms with Crippen LogP contribution in [0, 0.1) is 5.92 Å². The fourth-order valence-corrected chi connectivity index (χ4v) is 3.27. The van der Waals surface area contributed by atoms with Gasteiger partial charge < -0.3 is 5.32 Å². The summed E-state index contributed by atoms with van der Waals surface area (Å²) in [6.45, 7) is 2.84. The highest BCUT2D eigenvalue weighted by Crippen LogP contribution is 2.33. The molecule has 5 heteroatoms. The maximum absolute atomic E-state index is 11.7. The molecule has 0 aromatic heterocycles. The molecule has 1 saturated carbocycles. The van der Waals surface area contributed by atoms with Crippen molar-refractivity contribution < 1.29 is 8.42 Å². The van der Waals surface area contributed by atoms with Crippen LogP contribution in [0.2, 0.25) is 0 Å². The second kappa shape index (κ2) is 6.57. The van der Waals surface area contributed by atoms with Crippen LogP contribution < -0.4 is 10.0 Å². The van der Waals surface area contributed by atoms with Crippen LogP contribution in [0.25, 0.3) is 0 Å². The van der Waals surface area contributed by atoms with E-state index >= 15 is 0 Å². The minimum atomic E-state index is -3.06. The summed E-state index contributed by atoms with van der Waals surface area (Å²) in [6.07, 6.45) is 5.18. The van der Waals surface area contributed by atoms with Gasteiger partial charge in [0.1, 0.15) is 0 Å². The van der Waals surface area contributed by atoms with Crippen molar-refractivity contribution in [1.82, 2.24) is 10.0 Å². The lowest BCUT2D eigenvalue weighted by Crippen LogP contribution is -2.34. The molecule has 1 atom stereocenters. The summed E-state index contributed by atoms with van der Waals surface area (Å²) in [5.41, 5.74) is 0. The summed E-state index contributed by atoms with van der Waals surface area (Å²) in [6, 6.07) is 0.0989. The first-order valence-corrected chi connectivity index (χ1v) is 7.83. The van der Waals surface area contributed by atoms with Crippen molar-refractivity contribution in [1.29, 1.82) is 0 Å². The van der Waals surface area contributed by atoms with Crippen molar-refractivity contribution in [3.05, 3.63) is 0 Å². The quantitative estimate of drug-likeness (QED) is 0.601. The maximum Gasteiger partial charge on any atom is 0.211 e. The van der Waals surface area contributed by atoms with Crippen molar-refractivity contribution in [2.45, 2.75) is 45.1 Å². The van der Waals surface area contributed by atoms with Crippen LogP contribution in [0.4, 0.5) is 0 Å².